The maximum atomic E-state index is 12.6. The van der Waals surface area contributed by atoms with Crippen LogP contribution < -0.4 is 0 Å². The lowest BCUT2D eigenvalue weighted by Gasteiger charge is -2.33. The summed E-state index contributed by atoms with van der Waals surface area (Å²) in [6, 6.07) is 6.99. The number of nitrogens with zero attached hydrogens (tertiary/aromatic N) is 2. The maximum Gasteiger partial charge on any atom is 0.243 e. The van der Waals surface area contributed by atoms with E-state index in [9.17, 15) is 8.42 Å². The predicted octanol–water partition coefficient (Wildman–Crippen LogP) is 1.16. The molecule has 1 fully saturated rings. The third-order valence-corrected chi connectivity index (χ3v) is 5.52. The van der Waals surface area contributed by atoms with Crippen LogP contribution in [0.25, 0.3) is 0 Å². The van der Waals surface area contributed by atoms with Crippen molar-refractivity contribution < 1.29 is 13.2 Å². The van der Waals surface area contributed by atoms with Gasteiger partial charge in [0.15, 0.2) is 0 Å². The Kier molecular flexibility index (Phi) is 5.15. The van der Waals surface area contributed by atoms with Gasteiger partial charge < -0.3 is 9.64 Å². The topological polar surface area (TPSA) is 49.9 Å². The summed E-state index contributed by atoms with van der Waals surface area (Å²) >= 11 is 0. The summed E-state index contributed by atoms with van der Waals surface area (Å²) in [5, 5.41) is 0. The first-order chi connectivity index (χ1) is 9.57. The van der Waals surface area contributed by atoms with Crippen LogP contribution in [0.4, 0.5) is 0 Å². The fourth-order valence-electron chi connectivity index (χ4n) is 2.40. The van der Waals surface area contributed by atoms with Crippen LogP contribution in [-0.2, 0) is 21.4 Å². The van der Waals surface area contributed by atoms with Crippen LogP contribution in [-0.4, -0.2) is 57.5 Å². The molecule has 2 rings (SSSR count). The summed E-state index contributed by atoms with van der Waals surface area (Å²) < 4.78 is 31.8. The van der Waals surface area contributed by atoms with Gasteiger partial charge in [0.25, 0.3) is 0 Å². The van der Waals surface area contributed by atoms with Gasteiger partial charge in [-0.1, -0.05) is 19.1 Å². The third-order valence-electron chi connectivity index (χ3n) is 3.63. The molecular weight excluding hydrogens is 276 g/mol. The molecule has 0 aliphatic carbocycles. The molecule has 0 aromatic heterocycles. The molecule has 0 radical (unpaired) electrons. The monoisotopic (exact) mass is 298 g/mol. The molecule has 5 nitrogen and oxygen atoms in total. The van der Waals surface area contributed by atoms with Crippen molar-refractivity contribution >= 4 is 10.0 Å². The highest BCUT2D eigenvalue weighted by Gasteiger charge is 2.27. The number of piperazine rings is 1. The van der Waals surface area contributed by atoms with E-state index in [1.807, 2.05) is 6.07 Å². The third kappa shape index (κ3) is 3.38. The van der Waals surface area contributed by atoms with Gasteiger partial charge in [-0.25, -0.2) is 8.42 Å². The van der Waals surface area contributed by atoms with Crippen LogP contribution in [0.3, 0.4) is 0 Å². The summed E-state index contributed by atoms with van der Waals surface area (Å²) in [7, 11) is -1.78. The highest BCUT2D eigenvalue weighted by Crippen LogP contribution is 2.19. The van der Waals surface area contributed by atoms with Crippen molar-refractivity contribution in [3.63, 3.8) is 0 Å². The van der Waals surface area contributed by atoms with Gasteiger partial charge in [-0.3, -0.25) is 0 Å². The van der Waals surface area contributed by atoms with Crippen molar-refractivity contribution in [2.45, 2.75) is 18.4 Å². The van der Waals surface area contributed by atoms with E-state index in [-0.39, 0.29) is 0 Å². The molecule has 0 amide bonds. The number of sulfonamides is 1. The zero-order valence-electron chi connectivity index (χ0n) is 12.1. The van der Waals surface area contributed by atoms with Crippen LogP contribution in [0, 0.1) is 0 Å². The lowest BCUT2D eigenvalue weighted by atomic mass is 10.2. The number of likely N-dealkylation sites (N-methyl/N-ethyl adjacent to an activating group) is 1. The molecule has 0 bridgehead atoms. The summed E-state index contributed by atoms with van der Waals surface area (Å²) in [6.45, 7) is 6.21. The van der Waals surface area contributed by atoms with E-state index >= 15 is 0 Å². The molecule has 1 aromatic rings. The van der Waals surface area contributed by atoms with Crippen molar-refractivity contribution in [1.29, 1.82) is 0 Å². The highest BCUT2D eigenvalue weighted by atomic mass is 32.2. The van der Waals surface area contributed by atoms with Gasteiger partial charge in [-0.05, 0) is 24.2 Å². The number of hydrogen-bond acceptors (Lipinski definition) is 4. The van der Waals surface area contributed by atoms with Gasteiger partial charge in [0.05, 0.1) is 11.5 Å². The van der Waals surface area contributed by atoms with Crippen molar-refractivity contribution in [3.05, 3.63) is 29.8 Å². The zero-order valence-corrected chi connectivity index (χ0v) is 12.9. The average Bonchev–Trinajstić information content (AvgIpc) is 2.48. The van der Waals surface area contributed by atoms with Crippen molar-refractivity contribution in [2.24, 2.45) is 0 Å². The minimum Gasteiger partial charge on any atom is -0.380 e. The number of benzene rings is 1. The Morgan fingerprint density at radius 3 is 2.50 bits per heavy atom. The average molecular weight is 298 g/mol. The molecule has 1 heterocycles. The molecule has 112 valence electrons. The predicted molar refractivity (Wildman–Crippen MR) is 78.0 cm³/mol. The Bertz CT molecular complexity index is 537. The number of rotatable bonds is 5. The van der Waals surface area contributed by atoms with Gasteiger partial charge in [0, 0.05) is 33.3 Å². The molecule has 20 heavy (non-hydrogen) atoms. The molecule has 0 spiro atoms. The molecule has 0 N–H and O–H groups in total. The molecular formula is C14H22N2O3S. The number of methoxy groups -OCH3 is 1. The van der Waals surface area contributed by atoms with Crippen molar-refractivity contribution in [2.75, 3.05) is 39.8 Å². The van der Waals surface area contributed by atoms with Gasteiger partial charge >= 0.3 is 0 Å². The van der Waals surface area contributed by atoms with E-state index in [1.165, 1.54) is 0 Å². The van der Waals surface area contributed by atoms with Crippen LogP contribution in [0.2, 0.25) is 0 Å². The van der Waals surface area contributed by atoms with Crippen LogP contribution in [0.15, 0.2) is 29.2 Å². The molecule has 0 atom stereocenters. The van der Waals surface area contributed by atoms with Gasteiger partial charge in [-0.2, -0.15) is 4.31 Å². The fraction of sp³-hybridized carbons (Fsp3) is 0.571. The second kappa shape index (κ2) is 6.67. The van der Waals surface area contributed by atoms with Crippen molar-refractivity contribution in [3.8, 4) is 0 Å². The molecule has 1 aromatic carbocycles. The summed E-state index contributed by atoms with van der Waals surface area (Å²) in [6.07, 6.45) is 0. The SMILES string of the molecule is CCN1CCN(S(=O)(=O)c2cccc(COC)c2)CC1. The van der Waals surface area contributed by atoms with E-state index in [0.717, 1.165) is 25.2 Å². The quantitative estimate of drug-likeness (QED) is 0.818. The normalized spacial score (nSPS) is 18.3. The van der Waals surface area contributed by atoms with E-state index in [1.54, 1.807) is 29.6 Å². The Balaban J connectivity index is 2.16. The first kappa shape index (κ1) is 15.4. The van der Waals surface area contributed by atoms with Gasteiger partial charge in [0.2, 0.25) is 10.0 Å². The molecule has 1 aliphatic heterocycles. The van der Waals surface area contributed by atoms with Crippen LogP contribution in [0.1, 0.15) is 12.5 Å². The first-order valence-corrected chi connectivity index (χ1v) is 8.32. The summed E-state index contributed by atoms with van der Waals surface area (Å²) in [4.78, 5) is 2.62. The van der Waals surface area contributed by atoms with E-state index in [4.69, 9.17) is 4.74 Å². The Morgan fingerprint density at radius 2 is 1.90 bits per heavy atom. The molecule has 1 aliphatic rings. The standard InChI is InChI=1S/C14H22N2O3S/c1-3-15-7-9-16(10-8-15)20(17,18)14-6-4-5-13(11-14)12-19-2/h4-6,11H,3,7-10,12H2,1-2H3. The summed E-state index contributed by atoms with van der Waals surface area (Å²) in [5.41, 5.74) is 0.876. The fourth-order valence-corrected chi connectivity index (χ4v) is 3.89. The Hall–Kier alpha value is -0.950. The minimum absolute atomic E-state index is 0.358. The molecule has 0 saturated carbocycles. The maximum absolute atomic E-state index is 12.6. The number of hydrogen-bond donors (Lipinski definition) is 0. The number of ether oxygens (including phenoxy) is 1. The zero-order chi connectivity index (χ0) is 14.6. The Morgan fingerprint density at radius 1 is 1.20 bits per heavy atom. The highest BCUT2D eigenvalue weighted by molar-refractivity contribution is 7.89. The van der Waals surface area contributed by atoms with Crippen LogP contribution in [0.5, 0.6) is 0 Å². The second-order valence-electron chi connectivity index (χ2n) is 4.92. The minimum atomic E-state index is -3.38. The lowest BCUT2D eigenvalue weighted by molar-refractivity contribution is 0.184. The second-order valence-corrected chi connectivity index (χ2v) is 6.86. The van der Waals surface area contributed by atoms with E-state index < -0.39 is 10.0 Å². The Labute approximate surface area is 121 Å². The molecule has 0 unspecified atom stereocenters. The van der Waals surface area contributed by atoms with Gasteiger partial charge in [-0.15, -0.1) is 0 Å². The van der Waals surface area contributed by atoms with Crippen LogP contribution >= 0.6 is 0 Å². The first-order valence-electron chi connectivity index (χ1n) is 6.88. The summed E-state index contributed by atoms with van der Waals surface area (Å²) in [5.74, 6) is 0. The smallest absolute Gasteiger partial charge is 0.243 e. The largest absolute Gasteiger partial charge is 0.380 e. The van der Waals surface area contributed by atoms with E-state index in [2.05, 4.69) is 11.8 Å². The van der Waals surface area contributed by atoms with Crippen molar-refractivity contribution in [1.82, 2.24) is 9.21 Å². The molecule has 6 heteroatoms. The molecule has 1 saturated heterocycles. The van der Waals surface area contributed by atoms with E-state index in [0.29, 0.717) is 24.6 Å². The van der Waals surface area contributed by atoms with Gasteiger partial charge in [0.1, 0.15) is 0 Å². The lowest BCUT2D eigenvalue weighted by Crippen LogP contribution is -2.48.